The van der Waals surface area contributed by atoms with Gasteiger partial charge in [-0.15, -0.1) is 0 Å². The van der Waals surface area contributed by atoms with E-state index in [2.05, 4.69) is 23.9 Å². The first kappa shape index (κ1) is 16.3. The Balaban J connectivity index is 1.53. The molecule has 0 spiro atoms. The number of fused-ring (bicyclic) bond motifs is 1. The van der Waals surface area contributed by atoms with Crippen LogP contribution < -0.4 is 0 Å². The molecular weight excluding hydrogens is 318 g/mol. The highest BCUT2D eigenvalue weighted by molar-refractivity contribution is 5.90. The van der Waals surface area contributed by atoms with Crippen molar-refractivity contribution in [1.82, 2.24) is 14.8 Å². The smallest absolute Gasteiger partial charge is 0.341 e. The number of carbonyl (C=O) groups is 1. The van der Waals surface area contributed by atoms with Crippen LogP contribution in [-0.4, -0.2) is 39.5 Å². The fourth-order valence-corrected chi connectivity index (χ4v) is 4.25. The number of nitrogens with zero attached hydrogens (tertiary/aromatic N) is 3. The first-order valence-corrected chi connectivity index (χ1v) is 8.78. The molecule has 0 bridgehead atoms. The predicted octanol–water partition coefficient (Wildman–Crippen LogP) is 2.94. The molecule has 0 unspecified atom stereocenters. The van der Waals surface area contributed by atoms with Gasteiger partial charge in [0.05, 0.1) is 23.7 Å². The van der Waals surface area contributed by atoms with Gasteiger partial charge >= 0.3 is 5.97 Å². The first-order chi connectivity index (χ1) is 12.0. The van der Waals surface area contributed by atoms with Crippen molar-refractivity contribution in [3.8, 4) is 5.69 Å². The van der Waals surface area contributed by atoms with Crippen LogP contribution in [0.3, 0.4) is 0 Å². The summed E-state index contributed by atoms with van der Waals surface area (Å²) in [6.07, 6.45) is 7.17. The third-order valence-corrected chi connectivity index (χ3v) is 5.59. The van der Waals surface area contributed by atoms with Crippen molar-refractivity contribution >= 4 is 5.97 Å². The molecule has 2 aliphatic rings. The quantitative estimate of drug-likeness (QED) is 0.803. The average Bonchev–Trinajstić information content (AvgIpc) is 3.02. The Morgan fingerprint density at radius 2 is 2.12 bits per heavy atom. The lowest BCUT2D eigenvalue weighted by Crippen LogP contribution is -2.65. The minimum absolute atomic E-state index is 0.103. The second kappa shape index (κ2) is 5.95. The number of hydrogen-bond donors (Lipinski definition) is 0. The SMILES string of the molecule is Cc1c(C(=O)O[C@@H]2[C@@H]3CCCO[C@@H]3C2(C)C)cnn1-c1ccncc1. The molecule has 1 saturated heterocycles. The fourth-order valence-electron chi connectivity index (χ4n) is 4.25. The molecule has 6 heteroatoms. The predicted molar refractivity (Wildman–Crippen MR) is 91.5 cm³/mol. The van der Waals surface area contributed by atoms with Gasteiger partial charge in [0.15, 0.2) is 0 Å². The highest BCUT2D eigenvalue weighted by Gasteiger charge is 2.60. The van der Waals surface area contributed by atoms with E-state index >= 15 is 0 Å². The minimum Gasteiger partial charge on any atom is -0.458 e. The average molecular weight is 341 g/mol. The number of pyridine rings is 1. The van der Waals surface area contributed by atoms with Gasteiger partial charge < -0.3 is 9.47 Å². The highest BCUT2D eigenvalue weighted by Crippen LogP contribution is 2.53. The summed E-state index contributed by atoms with van der Waals surface area (Å²) in [5.74, 6) is 0.00292. The van der Waals surface area contributed by atoms with Crippen molar-refractivity contribution < 1.29 is 14.3 Å². The largest absolute Gasteiger partial charge is 0.458 e. The molecule has 1 saturated carbocycles. The van der Waals surface area contributed by atoms with Crippen LogP contribution in [0.4, 0.5) is 0 Å². The number of esters is 1. The van der Waals surface area contributed by atoms with Crippen LogP contribution in [0.5, 0.6) is 0 Å². The van der Waals surface area contributed by atoms with Crippen LogP contribution in [-0.2, 0) is 9.47 Å². The Kier molecular flexibility index (Phi) is 3.87. The summed E-state index contributed by atoms with van der Waals surface area (Å²) in [4.78, 5) is 16.8. The Morgan fingerprint density at radius 1 is 1.36 bits per heavy atom. The van der Waals surface area contributed by atoms with Crippen LogP contribution in [0.2, 0.25) is 0 Å². The van der Waals surface area contributed by atoms with Crippen molar-refractivity contribution in [2.45, 2.75) is 45.8 Å². The van der Waals surface area contributed by atoms with E-state index in [4.69, 9.17) is 9.47 Å². The molecule has 1 aliphatic carbocycles. The molecule has 1 aliphatic heterocycles. The van der Waals surface area contributed by atoms with E-state index in [0.717, 1.165) is 30.8 Å². The summed E-state index contributed by atoms with van der Waals surface area (Å²) in [6, 6.07) is 3.71. The molecular formula is C19H23N3O3. The lowest BCUT2D eigenvalue weighted by atomic mass is 9.57. The topological polar surface area (TPSA) is 66.2 Å². The zero-order chi connectivity index (χ0) is 17.6. The van der Waals surface area contributed by atoms with Crippen LogP contribution in [0.1, 0.15) is 42.7 Å². The van der Waals surface area contributed by atoms with E-state index in [9.17, 15) is 4.79 Å². The third-order valence-electron chi connectivity index (χ3n) is 5.59. The van der Waals surface area contributed by atoms with E-state index < -0.39 is 0 Å². The molecule has 25 heavy (non-hydrogen) atoms. The van der Waals surface area contributed by atoms with Crippen LogP contribution in [0.15, 0.2) is 30.7 Å². The van der Waals surface area contributed by atoms with Gasteiger partial charge in [-0.2, -0.15) is 5.10 Å². The Bertz CT molecular complexity index is 784. The van der Waals surface area contributed by atoms with Crippen molar-refractivity contribution in [3.05, 3.63) is 42.0 Å². The lowest BCUT2D eigenvalue weighted by Gasteiger charge is -2.58. The van der Waals surface area contributed by atoms with Gasteiger partial charge in [0.2, 0.25) is 0 Å². The number of carbonyl (C=O) groups excluding carboxylic acids is 1. The Hall–Kier alpha value is -2.21. The maximum Gasteiger partial charge on any atom is 0.341 e. The van der Waals surface area contributed by atoms with Gasteiger partial charge in [-0.3, -0.25) is 4.98 Å². The molecule has 2 aromatic heterocycles. The summed E-state index contributed by atoms with van der Waals surface area (Å²) < 4.78 is 13.5. The molecule has 0 N–H and O–H groups in total. The van der Waals surface area contributed by atoms with Gasteiger partial charge in [0.25, 0.3) is 0 Å². The molecule has 0 aromatic carbocycles. The van der Waals surface area contributed by atoms with Gasteiger partial charge in [-0.1, -0.05) is 13.8 Å². The standard InChI is InChI=1S/C19H23N3O3/c1-12-15(11-21-22(12)13-6-8-20-9-7-13)18(23)25-17-14-5-4-10-24-16(14)19(17,2)3/h6-9,11,14,16-17H,4-5,10H2,1-3H3/t14-,16+,17-/m1/s1. The fraction of sp³-hybridized carbons (Fsp3) is 0.526. The van der Waals surface area contributed by atoms with Crippen molar-refractivity contribution in [1.29, 1.82) is 0 Å². The van der Waals surface area contributed by atoms with E-state index in [1.165, 1.54) is 0 Å². The molecule has 0 radical (unpaired) electrons. The zero-order valence-electron chi connectivity index (χ0n) is 14.8. The second-order valence-corrected chi connectivity index (χ2v) is 7.51. The van der Waals surface area contributed by atoms with Crippen LogP contribution in [0, 0.1) is 18.3 Å². The first-order valence-electron chi connectivity index (χ1n) is 8.78. The van der Waals surface area contributed by atoms with E-state index in [-0.39, 0.29) is 23.6 Å². The molecule has 0 amide bonds. The summed E-state index contributed by atoms with van der Waals surface area (Å²) in [6.45, 7) is 6.92. The van der Waals surface area contributed by atoms with Gasteiger partial charge in [-0.25, -0.2) is 9.48 Å². The summed E-state index contributed by atoms with van der Waals surface area (Å²) in [5.41, 5.74) is 2.00. The van der Waals surface area contributed by atoms with Crippen molar-refractivity contribution in [2.24, 2.45) is 11.3 Å². The van der Waals surface area contributed by atoms with E-state index in [0.29, 0.717) is 11.5 Å². The van der Waals surface area contributed by atoms with Crippen molar-refractivity contribution in [2.75, 3.05) is 6.61 Å². The van der Waals surface area contributed by atoms with Crippen molar-refractivity contribution in [3.63, 3.8) is 0 Å². The van der Waals surface area contributed by atoms with Crippen LogP contribution in [0.25, 0.3) is 5.69 Å². The number of ether oxygens (including phenoxy) is 2. The van der Waals surface area contributed by atoms with E-state index in [1.807, 2.05) is 19.1 Å². The van der Waals surface area contributed by atoms with Gasteiger partial charge in [0.1, 0.15) is 11.7 Å². The maximum atomic E-state index is 12.7. The normalized spacial score (nSPS) is 27.2. The molecule has 4 rings (SSSR count). The van der Waals surface area contributed by atoms with Gasteiger partial charge in [-0.05, 0) is 31.9 Å². The zero-order valence-corrected chi connectivity index (χ0v) is 14.8. The lowest BCUT2D eigenvalue weighted by molar-refractivity contribution is -0.243. The molecule has 2 aromatic rings. The summed E-state index contributed by atoms with van der Waals surface area (Å²) in [7, 11) is 0. The highest BCUT2D eigenvalue weighted by atomic mass is 16.6. The third kappa shape index (κ3) is 2.56. The Morgan fingerprint density at radius 3 is 2.88 bits per heavy atom. The number of rotatable bonds is 3. The number of aromatic nitrogens is 3. The minimum atomic E-state index is -0.306. The van der Waals surface area contributed by atoms with E-state index in [1.54, 1.807) is 23.3 Å². The number of hydrogen-bond acceptors (Lipinski definition) is 5. The molecule has 3 atom stereocenters. The maximum absolute atomic E-state index is 12.7. The Labute approximate surface area is 147 Å². The van der Waals surface area contributed by atoms with Crippen LogP contribution >= 0.6 is 0 Å². The molecule has 6 nitrogen and oxygen atoms in total. The second-order valence-electron chi connectivity index (χ2n) is 7.51. The molecule has 3 heterocycles. The molecule has 2 fully saturated rings. The van der Waals surface area contributed by atoms with Gasteiger partial charge in [0, 0.05) is 30.3 Å². The molecule has 132 valence electrons. The summed E-state index contributed by atoms with van der Waals surface area (Å²) in [5, 5.41) is 4.34. The monoisotopic (exact) mass is 341 g/mol. The summed E-state index contributed by atoms with van der Waals surface area (Å²) >= 11 is 0.